The Balaban J connectivity index is 1.40. The molecule has 0 aliphatic carbocycles. The van der Waals surface area contributed by atoms with E-state index in [1.165, 1.54) is 11.8 Å². The molecule has 0 bridgehead atoms. The minimum atomic E-state index is -0.116. The molecule has 1 N–H and O–H groups in total. The second-order valence-corrected chi connectivity index (χ2v) is 8.09. The number of carbonyl (C=O) groups is 1. The highest BCUT2D eigenvalue weighted by molar-refractivity contribution is 7.99. The van der Waals surface area contributed by atoms with Crippen molar-refractivity contribution in [2.45, 2.75) is 22.9 Å². The summed E-state index contributed by atoms with van der Waals surface area (Å²) in [6.45, 7) is 0. The summed E-state index contributed by atoms with van der Waals surface area (Å²) in [7, 11) is 1.86. The van der Waals surface area contributed by atoms with E-state index in [0.29, 0.717) is 23.6 Å². The molecule has 4 aromatic rings. The van der Waals surface area contributed by atoms with Crippen LogP contribution in [0.25, 0.3) is 11.3 Å². The van der Waals surface area contributed by atoms with Gasteiger partial charge in [-0.05, 0) is 42.1 Å². The fourth-order valence-electron chi connectivity index (χ4n) is 2.87. The molecule has 0 unspecified atom stereocenters. The lowest BCUT2D eigenvalue weighted by atomic mass is 10.2. The lowest BCUT2D eigenvalue weighted by Crippen LogP contribution is -2.13. The fraction of sp³-hybridized carbons (Fsp3) is 0.136. The molecular formula is C22H19ClN4O2S. The number of anilines is 1. The third-order valence-corrected chi connectivity index (χ3v) is 5.77. The quantitative estimate of drug-likeness (QED) is 0.415. The van der Waals surface area contributed by atoms with E-state index in [1.54, 1.807) is 18.5 Å². The smallest absolute Gasteiger partial charge is 0.224 e. The van der Waals surface area contributed by atoms with Crippen molar-refractivity contribution >= 4 is 35.0 Å². The Kier molecular flexibility index (Phi) is 6.21. The van der Waals surface area contributed by atoms with Crippen LogP contribution in [-0.2, 0) is 18.3 Å². The van der Waals surface area contributed by atoms with E-state index in [1.807, 2.05) is 60.1 Å². The Morgan fingerprint density at radius 3 is 2.77 bits per heavy atom. The molecule has 30 heavy (non-hydrogen) atoms. The van der Waals surface area contributed by atoms with Gasteiger partial charge in [-0.15, -0.1) is 10.2 Å². The van der Waals surface area contributed by atoms with Gasteiger partial charge in [0.2, 0.25) is 5.91 Å². The Morgan fingerprint density at radius 2 is 2.00 bits per heavy atom. The minimum absolute atomic E-state index is 0.116. The van der Waals surface area contributed by atoms with Crippen LogP contribution in [0.3, 0.4) is 0 Å². The zero-order valence-corrected chi connectivity index (χ0v) is 17.8. The highest BCUT2D eigenvalue weighted by atomic mass is 35.5. The number of rotatable bonds is 7. The van der Waals surface area contributed by atoms with Gasteiger partial charge < -0.3 is 14.3 Å². The summed E-state index contributed by atoms with van der Waals surface area (Å²) in [6.07, 6.45) is 2.43. The predicted molar refractivity (Wildman–Crippen MR) is 118 cm³/mol. The zero-order chi connectivity index (χ0) is 20.9. The predicted octanol–water partition coefficient (Wildman–Crippen LogP) is 5.45. The van der Waals surface area contributed by atoms with Gasteiger partial charge in [-0.3, -0.25) is 4.79 Å². The van der Waals surface area contributed by atoms with Crippen LogP contribution < -0.4 is 5.32 Å². The van der Waals surface area contributed by atoms with Crippen LogP contribution in [-0.4, -0.2) is 20.7 Å². The molecule has 0 aliphatic rings. The summed E-state index contributed by atoms with van der Waals surface area (Å²) in [5.74, 6) is 1.45. The van der Waals surface area contributed by atoms with Crippen molar-refractivity contribution in [2.75, 3.05) is 5.32 Å². The maximum absolute atomic E-state index is 12.6. The first-order valence-corrected chi connectivity index (χ1v) is 10.5. The van der Waals surface area contributed by atoms with Gasteiger partial charge in [0, 0.05) is 35.4 Å². The second-order valence-electron chi connectivity index (χ2n) is 6.65. The molecule has 0 radical (unpaired) electrons. The number of nitrogens with one attached hydrogen (secondary N) is 1. The number of hydrogen-bond donors (Lipinski definition) is 1. The molecule has 0 spiro atoms. The van der Waals surface area contributed by atoms with Gasteiger partial charge in [0.25, 0.3) is 0 Å². The van der Waals surface area contributed by atoms with Crippen LogP contribution in [0.2, 0.25) is 5.02 Å². The Bertz CT molecular complexity index is 1160. The van der Waals surface area contributed by atoms with E-state index in [2.05, 4.69) is 15.5 Å². The molecule has 0 saturated heterocycles. The number of aryl methyl sites for hydroxylation is 2. The summed E-state index contributed by atoms with van der Waals surface area (Å²) in [5, 5.41) is 12.2. The normalized spacial score (nSPS) is 10.9. The van der Waals surface area contributed by atoms with E-state index in [4.69, 9.17) is 16.0 Å². The van der Waals surface area contributed by atoms with Crippen molar-refractivity contribution in [1.82, 2.24) is 14.8 Å². The monoisotopic (exact) mass is 438 g/mol. The molecule has 0 saturated carbocycles. The Labute approximate surface area is 183 Å². The molecule has 152 valence electrons. The number of benzene rings is 2. The van der Waals surface area contributed by atoms with Gasteiger partial charge >= 0.3 is 0 Å². The van der Waals surface area contributed by atoms with Crippen molar-refractivity contribution in [2.24, 2.45) is 7.05 Å². The maximum atomic E-state index is 12.6. The zero-order valence-electron chi connectivity index (χ0n) is 16.2. The lowest BCUT2D eigenvalue weighted by Gasteiger charge is -2.11. The first kappa shape index (κ1) is 20.3. The van der Waals surface area contributed by atoms with Crippen LogP contribution in [0.1, 0.15) is 12.2 Å². The number of hydrogen-bond acceptors (Lipinski definition) is 5. The van der Waals surface area contributed by atoms with E-state index in [0.717, 1.165) is 27.1 Å². The molecule has 4 rings (SSSR count). The maximum Gasteiger partial charge on any atom is 0.224 e. The van der Waals surface area contributed by atoms with Crippen LogP contribution in [0, 0.1) is 0 Å². The summed E-state index contributed by atoms with van der Waals surface area (Å²) >= 11 is 7.55. The Hall–Kier alpha value is -3.03. The van der Waals surface area contributed by atoms with Gasteiger partial charge in [0.15, 0.2) is 5.16 Å². The number of nitrogens with zero attached hydrogens (tertiary/aromatic N) is 3. The van der Waals surface area contributed by atoms with Crippen LogP contribution in [0.15, 0.2) is 81.5 Å². The average molecular weight is 439 g/mol. The molecule has 1 amide bonds. The van der Waals surface area contributed by atoms with Crippen molar-refractivity contribution in [3.05, 3.63) is 77.8 Å². The molecule has 2 aromatic heterocycles. The molecular weight excluding hydrogens is 420 g/mol. The summed E-state index contributed by atoms with van der Waals surface area (Å²) < 4.78 is 7.68. The molecule has 8 heteroatoms. The van der Waals surface area contributed by atoms with Gasteiger partial charge in [0.05, 0.1) is 5.69 Å². The van der Waals surface area contributed by atoms with Gasteiger partial charge in [0.1, 0.15) is 17.8 Å². The van der Waals surface area contributed by atoms with Crippen LogP contribution >= 0.6 is 23.4 Å². The number of amides is 1. The highest BCUT2D eigenvalue weighted by Crippen LogP contribution is 2.34. The van der Waals surface area contributed by atoms with Crippen LogP contribution in [0.4, 0.5) is 5.69 Å². The fourth-order valence-corrected chi connectivity index (χ4v) is 3.88. The topological polar surface area (TPSA) is 73.0 Å². The third kappa shape index (κ3) is 4.93. The van der Waals surface area contributed by atoms with Crippen molar-refractivity contribution in [3.63, 3.8) is 0 Å². The van der Waals surface area contributed by atoms with Gasteiger partial charge in [-0.2, -0.15) is 0 Å². The molecule has 2 heterocycles. The number of furan rings is 1. The minimum Gasteiger partial charge on any atom is -0.461 e. The average Bonchev–Trinajstić information content (AvgIpc) is 3.38. The third-order valence-electron chi connectivity index (χ3n) is 4.41. The SMILES string of the molecule is Cn1cnnc1Sc1ccc(Cl)cc1NC(=O)CCc1ccc(-c2ccccc2)o1. The second kappa shape index (κ2) is 9.19. The van der Waals surface area contributed by atoms with Crippen molar-refractivity contribution in [1.29, 1.82) is 0 Å². The van der Waals surface area contributed by atoms with Crippen molar-refractivity contribution < 1.29 is 9.21 Å². The molecule has 0 aliphatic heterocycles. The van der Waals surface area contributed by atoms with Crippen molar-refractivity contribution in [3.8, 4) is 11.3 Å². The Morgan fingerprint density at radius 1 is 1.17 bits per heavy atom. The summed E-state index contributed by atoms with van der Waals surface area (Å²) in [5.41, 5.74) is 1.66. The first-order chi connectivity index (χ1) is 14.6. The van der Waals surface area contributed by atoms with E-state index >= 15 is 0 Å². The number of aromatic nitrogens is 3. The molecule has 6 nitrogen and oxygen atoms in total. The van der Waals surface area contributed by atoms with E-state index in [-0.39, 0.29) is 5.91 Å². The molecule has 2 aromatic carbocycles. The summed E-state index contributed by atoms with van der Waals surface area (Å²) in [6, 6.07) is 19.1. The van der Waals surface area contributed by atoms with Crippen LogP contribution in [0.5, 0.6) is 0 Å². The van der Waals surface area contributed by atoms with Gasteiger partial charge in [-0.25, -0.2) is 0 Å². The number of carbonyl (C=O) groups excluding carboxylic acids is 1. The largest absolute Gasteiger partial charge is 0.461 e. The molecule has 0 fully saturated rings. The van der Waals surface area contributed by atoms with E-state index < -0.39 is 0 Å². The number of halogens is 1. The standard InChI is InChI=1S/C22H19ClN4O2S/c1-27-14-24-26-22(27)30-20-11-7-16(23)13-18(20)25-21(28)12-9-17-8-10-19(29-17)15-5-3-2-4-6-15/h2-8,10-11,13-14H,9,12H2,1H3,(H,25,28). The highest BCUT2D eigenvalue weighted by Gasteiger charge is 2.13. The first-order valence-electron chi connectivity index (χ1n) is 9.34. The van der Waals surface area contributed by atoms with Gasteiger partial charge in [-0.1, -0.05) is 41.9 Å². The lowest BCUT2D eigenvalue weighted by molar-refractivity contribution is -0.116. The summed E-state index contributed by atoms with van der Waals surface area (Å²) in [4.78, 5) is 13.4. The molecule has 0 atom stereocenters. The van der Waals surface area contributed by atoms with E-state index in [9.17, 15) is 4.79 Å².